The first-order chi connectivity index (χ1) is 12.7. The van der Waals surface area contributed by atoms with Gasteiger partial charge in [-0.15, -0.1) is 0 Å². The van der Waals surface area contributed by atoms with Crippen molar-refractivity contribution in [3.63, 3.8) is 0 Å². The third kappa shape index (κ3) is 4.78. The number of pyridine rings is 1. The van der Waals surface area contributed by atoms with Gasteiger partial charge in [-0.05, 0) is 62.0 Å². The second-order valence-electron chi connectivity index (χ2n) is 6.01. The van der Waals surface area contributed by atoms with E-state index in [1.807, 2.05) is 39.0 Å². The molecule has 0 amide bonds. The van der Waals surface area contributed by atoms with Crippen molar-refractivity contribution in [2.75, 3.05) is 6.61 Å². The number of rotatable bonds is 5. The van der Waals surface area contributed by atoms with E-state index in [1.54, 1.807) is 12.1 Å². The van der Waals surface area contributed by atoms with E-state index in [0.29, 0.717) is 29.9 Å². The third-order valence-corrected chi connectivity index (χ3v) is 4.32. The second kappa shape index (κ2) is 9.85. The zero-order valence-corrected chi connectivity index (χ0v) is 15.7. The summed E-state index contributed by atoms with van der Waals surface area (Å²) in [6.07, 6.45) is 4.57. The van der Waals surface area contributed by atoms with Gasteiger partial charge in [0.05, 0.1) is 0 Å². The minimum atomic E-state index is -0.197. The van der Waals surface area contributed by atoms with Crippen LogP contribution in [0.1, 0.15) is 61.3 Å². The Hall–Kier alpha value is -2.49. The molecule has 2 aromatic rings. The summed E-state index contributed by atoms with van der Waals surface area (Å²) in [6.45, 7) is 6.19. The van der Waals surface area contributed by atoms with Gasteiger partial charge in [-0.1, -0.05) is 32.0 Å². The molecule has 1 heterocycles. The number of ether oxygens (including phenoxy) is 1. The number of hydrogen-bond donors (Lipinski definition) is 0. The van der Waals surface area contributed by atoms with Crippen LogP contribution in [0.25, 0.3) is 5.57 Å². The number of carbonyl (C=O) groups is 1. The largest absolute Gasteiger partial charge is 0.487 e. The lowest BCUT2D eigenvalue weighted by Crippen LogP contribution is -2.10. The topological polar surface area (TPSA) is 39.2 Å². The number of benzene rings is 1. The zero-order valence-electron chi connectivity index (χ0n) is 15.7. The first kappa shape index (κ1) is 19.8. The van der Waals surface area contributed by atoms with Crippen LogP contribution in [0.3, 0.4) is 0 Å². The summed E-state index contributed by atoms with van der Waals surface area (Å²) in [5, 5.41) is 0. The number of hydrogen-bond acceptors (Lipinski definition) is 3. The number of carbonyl (C=O) groups excluding carboxylic acids is 1. The summed E-state index contributed by atoms with van der Waals surface area (Å²) >= 11 is 0. The van der Waals surface area contributed by atoms with Crippen LogP contribution in [0.4, 0.5) is 4.39 Å². The number of aldehydes is 1. The van der Waals surface area contributed by atoms with Gasteiger partial charge in [0, 0.05) is 11.3 Å². The molecule has 4 heteroatoms. The van der Waals surface area contributed by atoms with Crippen molar-refractivity contribution >= 4 is 11.9 Å². The fourth-order valence-electron chi connectivity index (χ4n) is 3.09. The summed E-state index contributed by atoms with van der Waals surface area (Å²) in [5.74, 6) is 0.277. The van der Waals surface area contributed by atoms with Crippen molar-refractivity contribution in [2.24, 2.45) is 0 Å². The van der Waals surface area contributed by atoms with Gasteiger partial charge in [0.25, 0.3) is 0 Å². The summed E-state index contributed by atoms with van der Waals surface area (Å²) in [4.78, 5) is 15.3. The SMILES string of the molecule is CC.Cc1ccc(OCC2=C(c3ccccc3F)CCCC2)c(C=O)n1. The molecule has 1 aliphatic carbocycles. The van der Waals surface area contributed by atoms with Gasteiger partial charge in [-0.25, -0.2) is 9.37 Å². The molecule has 0 radical (unpaired) electrons. The first-order valence-electron chi connectivity index (χ1n) is 9.20. The lowest BCUT2D eigenvalue weighted by Gasteiger charge is -2.21. The Labute approximate surface area is 154 Å². The number of aryl methyl sites for hydroxylation is 1. The molecule has 1 aromatic heterocycles. The predicted molar refractivity (Wildman–Crippen MR) is 103 cm³/mol. The van der Waals surface area contributed by atoms with Crippen molar-refractivity contribution in [1.29, 1.82) is 0 Å². The summed E-state index contributed by atoms with van der Waals surface area (Å²) in [5.41, 5.74) is 3.87. The van der Waals surface area contributed by atoms with E-state index in [0.717, 1.165) is 42.5 Å². The summed E-state index contributed by atoms with van der Waals surface area (Å²) in [6, 6.07) is 10.4. The fraction of sp³-hybridized carbons (Fsp3) is 0.364. The molecule has 0 saturated carbocycles. The van der Waals surface area contributed by atoms with Gasteiger partial charge in [-0.2, -0.15) is 0 Å². The minimum Gasteiger partial charge on any atom is -0.487 e. The molecule has 0 N–H and O–H groups in total. The quantitative estimate of drug-likeness (QED) is 0.639. The van der Waals surface area contributed by atoms with E-state index in [1.165, 1.54) is 6.07 Å². The average Bonchev–Trinajstić information content (AvgIpc) is 2.69. The van der Waals surface area contributed by atoms with Gasteiger partial charge in [0.2, 0.25) is 0 Å². The Kier molecular flexibility index (Phi) is 7.52. The molecule has 0 fully saturated rings. The van der Waals surface area contributed by atoms with Crippen LogP contribution in [0.15, 0.2) is 42.0 Å². The van der Waals surface area contributed by atoms with Crippen LogP contribution >= 0.6 is 0 Å². The Bertz CT molecular complexity index is 783. The van der Waals surface area contributed by atoms with E-state index >= 15 is 0 Å². The fourth-order valence-corrected chi connectivity index (χ4v) is 3.09. The summed E-state index contributed by atoms with van der Waals surface area (Å²) in [7, 11) is 0. The maximum Gasteiger partial charge on any atom is 0.172 e. The Morgan fingerprint density at radius 2 is 1.85 bits per heavy atom. The smallest absolute Gasteiger partial charge is 0.172 e. The Morgan fingerprint density at radius 1 is 1.12 bits per heavy atom. The van der Waals surface area contributed by atoms with E-state index in [-0.39, 0.29) is 5.82 Å². The molecule has 138 valence electrons. The highest BCUT2D eigenvalue weighted by Crippen LogP contribution is 2.34. The van der Waals surface area contributed by atoms with E-state index in [2.05, 4.69) is 4.98 Å². The zero-order chi connectivity index (χ0) is 18.9. The Balaban J connectivity index is 0.00000117. The lowest BCUT2D eigenvalue weighted by atomic mass is 9.87. The molecule has 0 saturated heterocycles. The van der Waals surface area contributed by atoms with E-state index in [9.17, 15) is 9.18 Å². The van der Waals surface area contributed by atoms with Gasteiger partial charge < -0.3 is 4.74 Å². The standard InChI is InChI=1S/C20H20FNO2.C2H6/c1-14-10-11-20(19(12-23)22-14)24-13-15-6-2-3-7-16(15)17-8-4-5-9-18(17)21;1-2/h4-5,8-12H,2-3,6-7,13H2,1H3;1-2H3. The van der Waals surface area contributed by atoms with Crippen LogP contribution in [0.5, 0.6) is 5.75 Å². The van der Waals surface area contributed by atoms with Crippen LogP contribution < -0.4 is 4.74 Å². The van der Waals surface area contributed by atoms with Crippen LogP contribution in [-0.2, 0) is 0 Å². The summed E-state index contributed by atoms with van der Waals surface area (Å²) < 4.78 is 20.0. The van der Waals surface area contributed by atoms with Gasteiger partial charge >= 0.3 is 0 Å². The minimum absolute atomic E-state index is 0.197. The van der Waals surface area contributed by atoms with Gasteiger partial charge in [-0.3, -0.25) is 4.79 Å². The number of allylic oxidation sites excluding steroid dienone is 1. The molecule has 0 unspecified atom stereocenters. The van der Waals surface area contributed by atoms with E-state index in [4.69, 9.17) is 4.74 Å². The van der Waals surface area contributed by atoms with Crippen LogP contribution in [0.2, 0.25) is 0 Å². The molecule has 0 bridgehead atoms. The molecule has 0 atom stereocenters. The number of aromatic nitrogens is 1. The second-order valence-corrected chi connectivity index (χ2v) is 6.01. The molecule has 0 aliphatic heterocycles. The maximum absolute atomic E-state index is 14.1. The van der Waals surface area contributed by atoms with E-state index < -0.39 is 0 Å². The lowest BCUT2D eigenvalue weighted by molar-refractivity contribution is 0.111. The van der Waals surface area contributed by atoms with Crippen LogP contribution in [0, 0.1) is 12.7 Å². The van der Waals surface area contributed by atoms with Crippen molar-refractivity contribution in [2.45, 2.75) is 46.5 Å². The normalized spacial score (nSPS) is 13.7. The Morgan fingerprint density at radius 3 is 2.58 bits per heavy atom. The molecule has 0 spiro atoms. The van der Waals surface area contributed by atoms with Crippen molar-refractivity contribution in [3.05, 3.63) is 64.7 Å². The molecule has 3 rings (SSSR count). The van der Waals surface area contributed by atoms with Crippen molar-refractivity contribution < 1.29 is 13.9 Å². The predicted octanol–water partition coefficient (Wildman–Crippen LogP) is 5.77. The molecular formula is C22H26FNO2. The molecule has 1 aliphatic rings. The highest BCUT2D eigenvalue weighted by atomic mass is 19.1. The molecular weight excluding hydrogens is 329 g/mol. The number of halogens is 1. The highest BCUT2D eigenvalue weighted by molar-refractivity contribution is 5.76. The first-order valence-corrected chi connectivity index (χ1v) is 9.20. The maximum atomic E-state index is 14.1. The van der Waals surface area contributed by atoms with Crippen molar-refractivity contribution in [3.8, 4) is 5.75 Å². The molecule has 1 aromatic carbocycles. The average molecular weight is 355 g/mol. The third-order valence-electron chi connectivity index (χ3n) is 4.32. The van der Waals surface area contributed by atoms with Crippen molar-refractivity contribution in [1.82, 2.24) is 4.98 Å². The monoisotopic (exact) mass is 355 g/mol. The number of nitrogens with zero attached hydrogens (tertiary/aromatic N) is 1. The molecule has 26 heavy (non-hydrogen) atoms. The van der Waals surface area contributed by atoms with Gasteiger partial charge in [0.1, 0.15) is 23.9 Å². The van der Waals surface area contributed by atoms with Gasteiger partial charge in [0.15, 0.2) is 6.29 Å². The van der Waals surface area contributed by atoms with Crippen LogP contribution in [-0.4, -0.2) is 17.9 Å². The highest BCUT2D eigenvalue weighted by Gasteiger charge is 2.18. The molecule has 3 nitrogen and oxygen atoms in total.